The normalized spacial score (nSPS) is 12.0. The molecule has 10 nitrogen and oxygen atoms in total. The number of hydrogen-bond donors (Lipinski definition) is 4. The van der Waals surface area contributed by atoms with Crippen LogP contribution in [-0.2, 0) is 9.53 Å². The molecule has 0 bridgehead atoms. The molecule has 0 saturated carbocycles. The quantitative estimate of drug-likeness (QED) is 0.170. The maximum Gasteiger partial charge on any atom is 0.339 e. The number of esters is 1. The molecular weight excluding hydrogens is 382 g/mol. The van der Waals surface area contributed by atoms with Crippen molar-refractivity contribution in [3.05, 3.63) is 53.1 Å². The van der Waals surface area contributed by atoms with Gasteiger partial charge in [-0.3, -0.25) is 0 Å². The monoisotopic (exact) mass is 403 g/mol. The minimum atomic E-state index is -1.24. The molecule has 0 aliphatic rings. The van der Waals surface area contributed by atoms with Gasteiger partial charge in [0.1, 0.15) is 5.56 Å². The predicted molar refractivity (Wildman–Crippen MR) is 104 cm³/mol. The molecule has 154 valence electrons. The second-order valence-corrected chi connectivity index (χ2v) is 5.77. The minimum Gasteiger partial charge on any atom is -0.493 e. The van der Waals surface area contributed by atoms with Crippen LogP contribution in [0.25, 0.3) is 0 Å². The zero-order chi connectivity index (χ0) is 21.6. The Labute approximate surface area is 166 Å². The fraction of sp³-hybridized carbons (Fsp3) is 0.211. The average molecular weight is 403 g/mol. The van der Waals surface area contributed by atoms with Crippen LogP contribution < -0.4 is 20.5 Å². The third-order valence-corrected chi connectivity index (χ3v) is 4.10. The Balaban J connectivity index is 2.49. The summed E-state index contributed by atoms with van der Waals surface area (Å²) in [5.41, 5.74) is 6.66. The number of anilines is 1. The summed E-state index contributed by atoms with van der Waals surface area (Å²) in [4.78, 5) is 24.0. The van der Waals surface area contributed by atoms with Crippen molar-refractivity contribution in [2.45, 2.75) is 6.04 Å². The molecule has 1 atom stereocenters. The van der Waals surface area contributed by atoms with E-state index in [1.807, 2.05) is 0 Å². The van der Waals surface area contributed by atoms with Crippen LogP contribution in [0.5, 0.6) is 11.5 Å². The molecule has 0 aliphatic carbocycles. The third kappa shape index (κ3) is 4.67. The van der Waals surface area contributed by atoms with E-state index in [4.69, 9.17) is 25.2 Å². The topological polar surface area (TPSA) is 153 Å². The SMILES string of the molecule is COC(=O)C(Nc1ccc(C(N)=NO)cc1)c1cc(OC)c(OC)c(C(=O)O)c1. The zero-order valence-electron chi connectivity index (χ0n) is 16.0. The number of rotatable bonds is 8. The summed E-state index contributed by atoms with van der Waals surface area (Å²) in [6.07, 6.45) is 0. The Morgan fingerprint density at radius 2 is 1.76 bits per heavy atom. The van der Waals surface area contributed by atoms with Crippen molar-refractivity contribution in [2.75, 3.05) is 26.6 Å². The summed E-state index contributed by atoms with van der Waals surface area (Å²) in [5, 5.41) is 24.1. The predicted octanol–water partition coefficient (Wildman–Crippen LogP) is 1.82. The third-order valence-electron chi connectivity index (χ3n) is 4.10. The molecule has 0 aliphatic heterocycles. The summed E-state index contributed by atoms with van der Waals surface area (Å²) in [5.74, 6) is -1.76. The van der Waals surface area contributed by atoms with E-state index in [1.54, 1.807) is 24.3 Å². The number of methoxy groups -OCH3 is 3. The molecule has 0 aromatic heterocycles. The van der Waals surface area contributed by atoms with Crippen LogP contribution >= 0.6 is 0 Å². The number of nitrogens with one attached hydrogen (secondary N) is 1. The highest BCUT2D eigenvalue weighted by Gasteiger charge is 2.26. The number of benzene rings is 2. The summed E-state index contributed by atoms with van der Waals surface area (Å²) < 4.78 is 15.2. The first-order chi connectivity index (χ1) is 13.9. The molecule has 0 heterocycles. The fourth-order valence-electron chi connectivity index (χ4n) is 2.67. The highest BCUT2D eigenvalue weighted by Crippen LogP contribution is 2.35. The van der Waals surface area contributed by atoms with Gasteiger partial charge < -0.3 is 35.6 Å². The van der Waals surface area contributed by atoms with E-state index in [9.17, 15) is 14.7 Å². The number of carbonyl (C=O) groups is 2. The molecule has 0 fully saturated rings. The second kappa shape index (κ2) is 9.31. The molecule has 2 aromatic rings. The molecule has 10 heteroatoms. The Bertz CT molecular complexity index is 926. The summed E-state index contributed by atoms with van der Waals surface area (Å²) >= 11 is 0. The van der Waals surface area contributed by atoms with Gasteiger partial charge in [0.05, 0.1) is 21.3 Å². The maximum absolute atomic E-state index is 12.4. The van der Waals surface area contributed by atoms with Gasteiger partial charge in [0.25, 0.3) is 0 Å². The van der Waals surface area contributed by atoms with Gasteiger partial charge in [-0.05, 0) is 42.0 Å². The Morgan fingerprint density at radius 3 is 2.24 bits per heavy atom. The van der Waals surface area contributed by atoms with Crippen molar-refractivity contribution in [3.63, 3.8) is 0 Å². The zero-order valence-corrected chi connectivity index (χ0v) is 16.0. The summed E-state index contributed by atoms with van der Waals surface area (Å²) in [7, 11) is 3.90. The van der Waals surface area contributed by atoms with Gasteiger partial charge in [0.15, 0.2) is 23.4 Å². The van der Waals surface area contributed by atoms with Crippen LogP contribution in [0.2, 0.25) is 0 Å². The van der Waals surface area contributed by atoms with E-state index in [0.717, 1.165) is 0 Å². The van der Waals surface area contributed by atoms with Crippen molar-refractivity contribution < 1.29 is 34.1 Å². The number of hydrogen-bond acceptors (Lipinski definition) is 8. The lowest BCUT2D eigenvalue weighted by molar-refractivity contribution is -0.141. The van der Waals surface area contributed by atoms with Gasteiger partial charge in [-0.25, -0.2) is 9.59 Å². The van der Waals surface area contributed by atoms with Crippen LogP contribution in [0, 0.1) is 0 Å². The number of carboxylic acids is 1. The number of nitrogens with zero attached hydrogens (tertiary/aromatic N) is 1. The second-order valence-electron chi connectivity index (χ2n) is 5.77. The number of aromatic carboxylic acids is 1. The van der Waals surface area contributed by atoms with Crippen LogP contribution in [0.1, 0.15) is 27.5 Å². The van der Waals surface area contributed by atoms with Crippen molar-refractivity contribution in [1.82, 2.24) is 0 Å². The lowest BCUT2D eigenvalue weighted by Gasteiger charge is -2.20. The van der Waals surface area contributed by atoms with Crippen LogP contribution in [0.4, 0.5) is 5.69 Å². The number of nitrogens with two attached hydrogens (primary N) is 1. The van der Waals surface area contributed by atoms with Crippen LogP contribution in [0.3, 0.4) is 0 Å². The number of amidine groups is 1. The van der Waals surface area contributed by atoms with Crippen LogP contribution in [0.15, 0.2) is 41.6 Å². The van der Waals surface area contributed by atoms with E-state index < -0.39 is 18.0 Å². The summed E-state index contributed by atoms with van der Waals surface area (Å²) in [6, 6.07) is 8.16. The van der Waals surface area contributed by atoms with Gasteiger partial charge in [0, 0.05) is 11.3 Å². The first-order valence-corrected chi connectivity index (χ1v) is 8.27. The molecule has 0 amide bonds. The minimum absolute atomic E-state index is 0.0375. The molecule has 29 heavy (non-hydrogen) atoms. The van der Waals surface area contributed by atoms with E-state index in [0.29, 0.717) is 16.8 Å². The van der Waals surface area contributed by atoms with E-state index in [1.165, 1.54) is 33.5 Å². The lowest BCUT2D eigenvalue weighted by atomic mass is 10.0. The average Bonchev–Trinajstić information content (AvgIpc) is 2.75. The molecule has 0 spiro atoms. The largest absolute Gasteiger partial charge is 0.493 e. The summed E-state index contributed by atoms with van der Waals surface area (Å²) in [6.45, 7) is 0. The van der Waals surface area contributed by atoms with Gasteiger partial charge in [-0.1, -0.05) is 5.16 Å². The standard InChI is InChI=1S/C19H21N3O7/c1-27-14-9-11(8-13(18(23)24)16(14)28-2)15(19(25)29-3)21-12-6-4-10(5-7-12)17(20)22-26/h4-9,15,21,26H,1-3H3,(H2,20,22)(H,23,24). The maximum atomic E-state index is 12.4. The highest BCUT2D eigenvalue weighted by atomic mass is 16.5. The molecule has 1 unspecified atom stereocenters. The Hall–Kier alpha value is -3.95. The van der Waals surface area contributed by atoms with Crippen molar-refractivity contribution in [1.29, 1.82) is 0 Å². The Kier molecular flexibility index (Phi) is 6.85. The highest BCUT2D eigenvalue weighted by molar-refractivity contribution is 5.97. The smallest absolute Gasteiger partial charge is 0.339 e. The molecule has 2 aromatic carbocycles. The molecule has 0 radical (unpaired) electrons. The first-order valence-electron chi connectivity index (χ1n) is 8.27. The number of oxime groups is 1. The van der Waals surface area contributed by atoms with E-state index >= 15 is 0 Å². The van der Waals surface area contributed by atoms with Crippen molar-refractivity contribution in [2.24, 2.45) is 10.9 Å². The van der Waals surface area contributed by atoms with E-state index in [-0.39, 0.29) is 22.9 Å². The van der Waals surface area contributed by atoms with Crippen molar-refractivity contribution in [3.8, 4) is 11.5 Å². The number of carbonyl (C=O) groups excluding carboxylic acids is 1. The molecule has 5 N–H and O–H groups in total. The Morgan fingerprint density at radius 1 is 1.10 bits per heavy atom. The van der Waals surface area contributed by atoms with Crippen molar-refractivity contribution >= 4 is 23.5 Å². The molecule has 2 rings (SSSR count). The number of carboxylic acid groups (broad SMARTS) is 1. The van der Waals surface area contributed by atoms with Gasteiger partial charge in [-0.15, -0.1) is 0 Å². The van der Waals surface area contributed by atoms with Gasteiger partial charge in [-0.2, -0.15) is 0 Å². The fourth-order valence-corrected chi connectivity index (χ4v) is 2.67. The van der Waals surface area contributed by atoms with Gasteiger partial charge >= 0.3 is 11.9 Å². The molecular formula is C19H21N3O7. The molecule has 0 saturated heterocycles. The first kappa shape index (κ1) is 21.4. The lowest BCUT2D eigenvalue weighted by Crippen LogP contribution is -2.23. The van der Waals surface area contributed by atoms with E-state index in [2.05, 4.69) is 10.5 Å². The van der Waals surface area contributed by atoms with Crippen LogP contribution in [-0.4, -0.2) is 49.4 Å². The van der Waals surface area contributed by atoms with Gasteiger partial charge in [0.2, 0.25) is 0 Å². The number of ether oxygens (including phenoxy) is 3.